The fourth-order valence-electron chi connectivity index (χ4n) is 4.11. The zero-order valence-corrected chi connectivity index (χ0v) is 17.5. The molecule has 6 heteroatoms. The van der Waals surface area contributed by atoms with Crippen molar-refractivity contribution < 1.29 is 19.4 Å². The highest BCUT2D eigenvalue weighted by atomic mass is 35.5. The Morgan fingerprint density at radius 3 is 2.13 bits per heavy atom. The van der Waals surface area contributed by atoms with Crippen molar-refractivity contribution in [3.63, 3.8) is 0 Å². The molecule has 1 atom stereocenters. The van der Waals surface area contributed by atoms with Crippen molar-refractivity contribution in [3.05, 3.63) is 94.5 Å². The number of halogens is 1. The minimum Gasteiger partial charge on any atom is -0.550 e. The summed E-state index contributed by atoms with van der Waals surface area (Å²) < 4.78 is 5.52. The minimum absolute atomic E-state index is 0.0682. The molecule has 31 heavy (non-hydrogen) atoms. The number of benzene rings is 3. The van der Waals surface area contributed by atoms with Gasteiger partial charge < -0.3 is 20.0 Å². The highest BCUT2D eigenvalue weighted by molar-refractivity contribution is 6.31. The summed E-state index contributed by atoms with van der Waals surface area (Å²) in [6.45, 7) is 0.157. The monoisotopic (exact) mass is 434 g/mol. The lowest BCUT2D eigenvalue weighted by molar-refractivity contribution is -0.306. The summed E-state index contributed by atoms with van der Waals surface area (Å²) in [5, 5.41) is 14.3. The van der Waals surface area contributed by atoms with E-state index in [1.807, 2.05) is 42.5 Å². The van der Waals surface area contributed by atoms with Gasteiger partial charge in [-0.15, -0.1) is 0 Å². The number of fused-ring (bicyclic) bond motifs is 3. The zero-order valence-electron chi connectivity index (χ0n) is 16.7. The number of ether oxygens (including phenoxy) is 1. The number of nitrogens with one attached hydrogen (secondary N) is 1. The van der Waals surface area contributed by atoms with Gasteiger partial charge in [0, 0.05) is 29.4 Å². The second-order valence-electron chi connectivity index (χ2n) is 7.54. The quantitative estimate of drug-likeness (QED) is 0.611. The second-order valence-corrected chi connectivity index (χ2v) is 7.95. The molecule has 0 fully saturated rings. The lowest BCUT2D eigenvalue weighted by Crippen LogP contribution is -2.41. The summed E-state index contributed by atoms with van der Waals surface area (Å²) in [6, 6.07) is 22.6. The third kappa shape index (κ3) is 4.72. The van der Waals surface area contributed by atoms with Crippen LogP contribution in [0.4, 0.5) is 4.79 Å². The lowest BCUT2D eigenvalue weighted by Gasteiger charge is -2.21. The van der Waals surface area contributed by atoms with E-state index in [2.05, 4.69) is 17.4 Å². The van der Waals surface area contributed by atoms with Gasteiger partial charge in [0.2, 0.25) is 0 Å². The number of hydrogen-bond donors (Lipinski definition) is 1. The van der Waals surface area contributed by atoms with Crippen molar-refractivity contribution in [1.82, 2.24) is 5.32 Å². The van der Waals surface area contributed by atoms with Crippen molar-refractivity contribution in [2.75, 3.05) is 6.61 Å². The molecular weight excluding hydrogens is 414 g/mol. The minimum atomic E-state index is -1.25. The molecule has 158 valence electrons. The van der Waals surface area contributed by atoms with Crippen LogP contribution in [0.1, 0.15) is 29.0 Å². The molecule has 0 saturated heterocycles. The number of amides is 1. The maximum absolute atomic E-state index is 12.5. The van der Waals surface area contributed by atoms with E-state index in [0.717, 1.165) is 27.8 Å². The van der Waals surface area contributed by atoms with Crippen molar-refractivity contribution in [2.45, 2.75) is 24.8 Å². The van der Waals surface area contributed by atoms with E-state index in [1.165, 1.54) is 0 Å². The molecular formula is C25H21ClNO4-. The first-order valence-electron chi connectivity index (χ1n) is 10.1. The van der Waals surface area contributed by atoms with Crippen molar-refractivity contribution in [1.29, 1.82) is 0 Å². The van der Waals surface area contributed by atoms with Crippen LogP contribution in [0.15, 0.2) is 72.8 Å². The van der Waals surface area contributed by atoms with Gasteiger partial charge in [-0.2, -0.15) is 0 Å². The predicted octanol–water partition coefficient (Wildman–Crippen LogP) is 3.93. The number of rotatable bonds is 7. The molecule has 0 aliphatic heterocycles. The molecule has 0 unspecified atom stereocenters. The topological polar surface area (TPSA) is 78.5 Å². The molecule has 1 amide bonds. The van der Waals surface area contributed by atoms with Gasteiger partial charge in [0.1, 0.15) is 6.61 Å². The van der Waals surface area contributed by atoms with Crippen LogP contribution in [0.25, 0.3) is 11.1 Å². The van der Waals surface area contributed by atoms with Crippen molar-refractivity contribution >= 4 is 23.7 Å². The lowest BCUT2D eigenvalue weighted by atomic mass is 9.98. The van der Waals surface area contributed by atoms with Crippen LogP contribution in [0.3, 0.4) is 0 Å². The van der Waals surface area contributed by atoms with Gasteiger partial charge in [-0.25, -0.2) is 4.79 Å². The van der Waals surface area contributed by atoms with Crippen molar-refractivity contribution in [2.24, 2.45) is 0 Å². The molecule has 4 rings (SSSR count). The molecule has 0 bridgehead atoms. The Morgan fingerprint density at radius 2 is 1.52 bits per heavy atom. The van der Waals surface area contributed by atoms with Crippen molar-refractivity contribution in [3.8, 4) is 11.1 Å². The number of carbonyl (C=O) groups excluding carboxylic acids is 2. The summed E-state index contributed by atoms with van der Waals surface area (Å²) in [5.41, 5.74) is 5.24. The van der Waals surface area contributed by atoms with Crippen LogP contribution in [0.5, 0.6) is 0 Å². The molecule has 1 aliphatic carbocycles. The highest BCUT2D eigenvalue weighted by Crippen LogP contribution is 2.44. The molecule has 1 aliphatic rings. The predicted molar refractivity (Wildman–Crippen MR) is 117 cm³/mol. The molecule has 0 radical (unpaired) electrons. The molecule has 0 saturated carbocycles. The fourth-order valence-corrected chi connectivity index (χ4v) is 4.32. The van der Waals surface area contributed by atoms with Crippen LogP contribution in [0.2, 0.25) is 5.02 Å². The van der Waals surface area contributed by atoms with Gasteiger partial charge in [0.25, 0.3) is 0 Å². The van der Waals surface area contributed by atoms with E-state index >= 15 is 0 Å². The SMILES string of the molecule is O=C([O-])C[C@H](Cc1ccccc1Cl)NC(=O)OCC1c2ccccc2-c2ccccc21. The van der Waals surface area contributed by atoms with E-state index in [1.54, 1.807) is 18.2 Å². The summed E-state index contributed by atoms with van der Waals surface area (Å²) in [4.78, 5) is 23.7. The Hall–Kier alpha value is -3.31. The van der Waals surface area contributed by atoms with E-state index < -0.39 is 18.1 Å². The molecule has 3 aromatic carbocycles. The fraction of sp³-hybridized carbons (Fsp3) is 0.200. The summed E-state index contributed by atoms with van der Waals surface area (Å²) in [7, 11) is 0. The number of alkyl carbamates (subject to hydrolysis) is 1. The summed E-state index contributed by atoms with van der Waals surface area (Å²) in [6.07, 6.45) is -0.743. The molecule has 1 N–H and O–H groups in total. The average molecular weight is 435 g/mol. The number of carbonyl (C=O) groups is 2. The van der Waals surface area contributed by atoms with Gasteiger partial charge >= 0.3 is 6.09 Å². The Bertz CT molecular complexity index is 1070. The van der Waals surface area contributed by atoms with E-state index in [4.69, 9.17) is 16.3 Å². The Kier molecular flexibility index (Phi) is 6.23. The van der Waals surface area contributed by atoms with Crippen LogP contribution >= 0.6 is 11.6 Å². The third-order valence-corrected chi connectivity index (χ3v) is 5.87. The van der Waals surface area contributed by atoms with Crippen LogP contribution in [-0.2, 0) is 16.0 Å². The van der Waals surface area contributed by atoms with E-state index in [9.17, 15) is 14.7 Å². The summed E-state index contributed by atoms with van der Waals surface area (Å²) in [5.74, 6) is -1.32. The van der Waals surface area contributed by atoms with Crippen LogP contribution < -0.4 is 10.4 Å². The normalized spacial score (nSPS) is 13.2. The van der Waals surface area contributed by atoms with Gasteiger partial charge in [-0.1, -0.05) is 78.3 Å². The Balaban J connectivity index is 1.44. The van der Waals surface area contributed by atoms with Gasteiger partial charge in [-0.3, -0.25) is 0 Å². The highest BCUT2D eigenvalue weighted by Gasteiger charge is 2.29. The number of carboxylic acid groups (broad SMARTS) is 1. The van der Waals surface area contributed by atoms with Gasteiger partial charge in [-0.05, 0) is 40.3 Å². The maximum atomic E-state index is 12.5. The first-order chi connectivity index (χ1) is 15.0. The first kappa shape index (κ1) is 20.9. The molecule has 3 aromatic rings. The third-order valence-electron chi connectivity index (χ3n) is 5.50. The second kappa shape index (κ2) is 9.23. The van der Waals surface area contributed by atoms with E-state index in [0.29, 0.717) is 5.02 Å². The first-order valence-corrected chi connectivity index (χ1v) is 10.5. The standard InChI is InChI=1S/C25H22ClNO4/c26-23-12-6-1-7-16(23)13-17(14-24(28)29)27-25(30)31-15-22-20-10-4-2-8-18(20)19-9-3-5-11-21(19)22/h1-12,17,22H,13-15H2,(H,27,30)(H,28,29)/p-1/t17-/m0/s1. The zero-order chi connectivity index (χ0) is 21.8. The number of carboxylic acids is 1. The number of aliphatic carboxylic acids is 1. The maximum Gasteiger partial charge on any atom is 0.407 e. The van der Waals surface area contributed by atoms with Crippen LogP contribution in [-0.4, -0.2) is 24.7 Å². The summed E-state index contributed by atoms with van der Waals surface area (Å²) >= 11 is 6.18. The smallest absolute Gasteiger partial charge is 0.407 e. The Morgan fingerprint density at radius 1 is 0.935 bits per heavy atom. The Labute approximate surface area is 185 Å². The van der Waals surface area contributed by atoms with E-state index in [-0.39, 0.29) is 25.4 Å². The molecule has 0 heterocycles. The van der Waals surface area contributed by atoms with Gasteiger partial charge in [0.15, 0.2) is 0 Å². The molecule has 0 aromatic heterocycles. The largest absolute Gasteiger partial charge is 0.550 e. The number of hydrogen-bond acceptors (Lipinski definition) is 4. The van der Waals surface area contributed by atoms with Crippen LogP contribution in [0, 0.1) is 0 Å². The molecule has 0 spiro atoms. The average Bonchev–Trinajstić information content (AvgIpc) is 3.07. The van der Waals surface area contributed by atoms with Gasteiger partial charge in [0.05, 0.1) is 0 Å². The molecule has 5 nitrogen and oxygen atoms in total.